The van der Waals surface area contributed by atoms with Gasteiger partial charge in [-0.15, -0.1) is 0 Å². The molecule has 158 valence electrons. The third-order valence-electron chi connectivity index (χ3n) is 6.36. The Balaban J connectivity index is 1.36. The van der Waals surface area contributed by atoms with Crippen LogP contribution in [0.3, 0.4) is 0 Å². The second-order valence-corrected chi connectivity index (χ2v) is 8.68. The van der Waals surface area contributed by atoms with Gasteiger partial charge >= 0.3 is 0 Å². The fourth-order valence-electron chi connectivity index (χ4n) is 4.62. The summed E-state index contributed by atoms with van der Waals surface area (Å²) in [4.78, 5) is 14.2. The second-order valence-electron chi connectivity index (χ2n) is 8.68. The highest BCUT2D eigenvalue weighted by Gasteiger charge is 2.19. The van der Waals surface area contributed by atoms with Crippen molar-refractivity contribution in [3.63, 3.8) is 0 Å². The number of likely N-dealkylation sites (N-methyl/N-ethyl adjacent to an activating group) is 1. The molecule has 31 heavy (non-hydrogen) atoms. The Hall–Kier alpha value is -3.18. The van der Waals surface area contributed by atoms with Crippen molar-refractivity contribution >= 4 is 29.0 Å². The standard InChI is InChI=1S/C26H29N5/c1-18-6-4-7-19(2)25(18)20-14-21-17-27-26(29-24(21)15-20)28-22-8-5-9-23(16-22)31-12-10-30(3)11-13-31/h4-9,15-17H,10-14H2,1-3H3,(H,27,28,29). The maximum atomic E-state index is 4.82. The Morgan fingerprint density at radius 1 is 0.935 bits per heavy atom. The van der Waals surface area contributed by atoms with Crippen LogP contribution in [0.25, 0.3) is 11.6 Å². The van der Waals surface area contributed by atoms with E-state index in [9.17, 15) is 0 Å². The highest BCUT2D eigenvalue weighted by atomic mass is 15.2. The number of allylic oxidation sites excluding steroid dienone is 1. The SMILES string of the molecule is Cc1cccc(C)c1C1=Cc2nc(Nc3cccc(N4CCN(C)CC4)c3)ncc2C1. The summed E-state index contributed by atoms with van der Waals surface area (Å²) < 4.78 is 0. The average molecular weight is 412 g/mol. The van der Waals surface area contributed by atoms with Gasteiger partial charge in [0.25, 0.3) is 0 Å². The highest BCUT2D eigenvalue weighted by molar-refractivity contribution is 5.89. The number of nitrogens with zero attached hydrogens (tertiary/aromatic N) is 4. The van der Waals surface area contributed by atoms with Crippen molar-refractivity contribution in [3.05, 3.63) is 76.6 Å². The molecule has 1 N–H and O–H groups in total. The molecule has 0 unspecified atom stereocenters. The normalized spacial score (nSPS) is 16.2. The molecule has 0 spiro atoms. The molecule has 0 saturated carbocycles. The van der Waals surface area contributed by atoms with E-state index in [4.69, 9.17) is 4.98 Å². The van der Waals surface area contributed by atoms with Crippen LogP contribution in [0.5, 0.6) is 0 Å². The third kappa shape index (κ3) is 4.06. The number of hydrogen-bond donors (Lipinski definition) is 1. The van der Waals surface area contributed by atoms with E-state index in [1.807, 2.05) is 6.20 Å². The molecule has 1 fully saturated rings. The van der Waals surface area contributed by atoms with Gasteiger partial charge in [0, 0.05) is 55.7 Å². The summed E-state index contributed by atoms with van der Waals surface area (Å²) in [6.07, 6.45) is 5.07. The quantitative estimate of drug-likeness (QED) is 0.675. The molecule has 1 aromatic heterocycles. The maximum Gasteiger partial charge on any atom is 0.227 e. The van der Waals surface area contributed by atoms with Crippen LogP contribution >= 0.6 is 0 Å². The number of hydrogen-bond acceptors (Lipinski definition) is 5. The summed E-state index contributed by atoms with van der Waals surface area (Å²) in [5, 5.41) is 3.41. The topological polar surface area (TPSA) is 44.3 Å². The zero-order valence-electron chi connectivity index (χ0n) is 18.5. The van der Waals surface area contributed by atoms with Crippen LogP contribution in [0.1, 0.15) is 27.9 Å². The molecule has 0 atom stereocenters. The molecular weight excluding hydrogens is 382 g/mol. The van der Waals surface area contributed by atoms with Crippen molar-refractivity contribution in [1.82, 2.24) is 14.9 Å². The molecular formula is C26H29N5. The fraction of sp³-hybridized carbons (Fsp3) is 0.308. The molecule has 0 radical (unpaired) electrons. The van der Waals surface area contributed by atoms with Crippen LogP contribution in [0.2, 0.25) is 0 Å². The molecule has 2 aliphatic rings. The Morgan fingerprint density at radius 3 is 2.45 bits per heavy atom. The van der Waals surface area contributed by atoms with Gasteiger partial charge in [-0.3, -0.25) is 0 Å². The minimum atomic E-state index is 0.647. The molecule has 5 nitrogen and oxygen atoms in total. The first-order valence-electron chi connectivity index (χ1n) is 11.0. The Kier molecular flexibility index (Phi) is 5.20. The van der Waals surface area contributed by atoms with Gasteiger partial charge in [-0.25, -0.2) is 9.97 Å². The minimum absolute atomic E-state index is 0.647. The number of fused-ring (bicyclic) bond motifs is 1. The number of anilines is 3. The van der Waals surface area contributed by atoms with Crippen LogP contribution in [0.15, 0.2) is 48.7 Å². The van der Waals surface area contributed by atoms with Crippen molar-refractivity contribution in [1.29, 1.82) is 0 Å². The van der Waals surface area contributed by atoms with E-state index in [0.29, 0.717) is 5.95 Å². The summed E-state index contributed by atoms with van der Waals surface area (Å²) in [6.45, 7) is 8.67. The third-order valence-corrected chi connectivity index (χ3v) is 6.36. The summed E-state index contributed by atoms with van der Waals surface area (Å²) in [7, 11) is 2.18. The molecule has 0 amide bonds. The maximum absolute atomic E-state index is 4.82. The number of piperazine rings is 1. The van der Waals surface area contributed by atoms with E-state index >= 15 is 0 Å². The van der Waals surface area contributed by atoms with Crippen LogP contribution < -0.4 is 10.2 Å². The number of nitrogens with one attached hydrogen (secondary N) is 1. The molecule has 1 aliphatic heterocycles. The minimum Gasteiger partial charge on any atom is -0.369 e. The monoisotopic (exact) mass is 411 g/mol. The molecule has 5 rings (SSSR count). The van der Waals surface area contributed by atoms with E-state index in [1.54, 1.807) is 0 Å². The van der Waals surface area contributed by atoms with Crippen molar-refractivity contribution in [2.75, 3.05) is 43.4 Å². The Bertz CT molecular complexity index is 1120. The fourth-order valence-corrected chi connectivity index (χ4v) is 4.62. The number of rotatable bonds is 4. The first kappa shape index (κ1) is 19.8. The van der Waals surface area contributed by atoms with Crippen molar-refractivity contribution in [3.8, 4) is 0 Å². The lowest BCUT2D eigenvalue weighted by atomic mass is 9.95. The average Bonchev–Trinajstić information content (AvgIpc) is 3.17. The molecule has 2 aromatic carbocycles. The van der Waals surface area contributed by atoms with Crippen LogP contribution in [0.4, 0.5) is 17.3 Å². The summed E-state index contributed by atoms with van der Waals surface area (Å²) in [5.41, 5.74) is 9.77. The zero-order chi connectivity index (χ0) is 21.4. The van der Waals surface area contributed by atoms with E-state index < -0.39 is 0 Å². The van der Waals surface area contributed by atoms with Gasteiger partial charge in [0.15, 0.2) is 0 Å². The van der Waals surface area contributed by atoms with Gasteiger partial charge in [-0.1, -0.05) is 24.3 Å². The highest BCUT2D eigenvalue weighted by Crippen LogP contribution is 2.34. The summed E-state index contributed by atoms with van der Waals surface area (Å²) in [5.74, 6) is 0.647. The molecule has 2 heterocycles. The second kappa shape index (κ2) is 8.16. The molecule has 3 aromatic rings. The first-order valence-corrected chi connectivity index (χ1v) is 11.0. The first-order chi connectivity index (χ1) is 15.1. The number of aryl methyl sites for hydroxylation is 2. The lowest BCUT2D eigenvalue weighted by molar-refractivity contribution is 0.313. The Morgan fingerprint density at radius 2 is 1.68 bits per heavy atom. The van der Waals surface area contributed by atoms with E-state index in [0.717, 1.165) is 44.0 Å². The van der Waals surface area contributed by atoms with Gasteiger partial charge in [0.1, 0.15) is 0 Å². The zero-order valence-corrected chi connectivity index (χ0v) is 18.5. The lowest BCUT2D eigenvalue weighted by Gasteiger charge is -2.34. The molecule has 5 heteroatoms. The van der Waals surface area contributed by atoms with E-state index in [1.165, 1.54) is 33.5 Å². The largest absolute Gasteiger partial charge is 0.369 e. The Labute approximate surface area is 184 Å². The van der Waals surface area contributed by atoms with Crippen molar-refractivity contribution in [2.24, 2.45) is 0 Å². The predicted octanol–water partition coefficient (Wildman–Crippen LogP) is 4.69. The van der Waals surface area contributed by atoms with E-state index in [2.05, 4.69) is 89.5 Å². The molecule has 1 aliphatic carbocycles. The molecule has 0 bridgehead atoms. The van der Waals surface area contributed by atoms with Gasteiger partial charge < -0.3 is 15.1 Å². The summed E-state index contributed by atoms with van der Waals surface area (Å²) in [6, 6.07) is 15.0. The number of aromatic nitrogens is 2. The summed E-state index contributed by atoms with van der Waals surface area (Å²) >= 11 is 0. The van der Waals surface area contributed by atoms with Gasteiger partial charge in [0.2, 0.25) is 5.95 Å². The lowest BCUT2D eigenvalue weighted by Crippen LogP contribution is -2.44. The van der Waals surface area contributed by atoms with Crippen LogP contribution in [0, 0.1) is 13.8 Å². The number of benzene rings is 2. The molecule has 1 saturated heterocycles. The smallest absolute Gasteiger partial charge is 0.227 e. The van der Waals surface area contributed by atoms with Crippen molar-refractivity contribution in [2.45, 2.75) is 20.3 Å². The van der Waals surface area contributed by atoms with Gasteiger partial charge in [-0.2, -0.15) is 0 Å². The predicted molar refractivity (Wildman–Crippen MR) is 129 cm³/mol. The van der Waals surface area contributed by atoms with Crippen LogP contribution in [-0.2, 0) is 6.42 Å². The van der Waals surface area contributed by atoms with Crippen LogP contribution in [-0.4, -0.2) is 48.1 Å². The van der Waals surface area contributed by atoms with E-state index in [-0.39, 0.29) is 0 Å². The van der Waals surface area contributed by atoms with Gasteiger partial charge in [-0.05, 0) is 67.4 Å². The van der Waals surface area contributed by atoms with Gasteiger partial charge in [0.05, 0.1) is 5.69 Å². The van der Waals surface area contributed by atoms with Crippen molar-refractivity contribution < 1.29 is 0 Å².